The molecule has 2 aliphatic rings. The predicted molar refractivity (Wildman–Crippen MR) is 110 cm³/mol. The molecule has 1 saturated carbocycles. The van der Waals surface area contributed by atoms with Crippen LogP contribution in [0.3, 0.4) is 0 Å². The van der Waals surface area contributed by atoms with E-state index in [4.69, 9.17) is 11.6 Å². The summed E-state index contributed by atoms with van der Waals surface area (Å²) in [6.07, 6.45) is 6.42. The molecule has 1 heterocycles. The van der Waals surface area contributed by atoms with Crippen molar-refractivity contribution < 1.29 is 9.72 Å². The number of nitro groups is 1. The summed E-state index contributed by atoms with van der Waals surface area (Å²) in [4.78, 5) is 28.3. The van der Waals surface area contributed by atoms with E-state index in [1.54, 1.807) is 6.92 Å². The van der Waals surface area contributed by atoms with Gasteiger partial charge in [0.2, 0.25) is 5.91 Å². The average molecular weight is 408 g/mol. The molecule has 1 aliphatic heterocycles. The van der Waals surface area contributed by atoms with Crippen LogP contribution in [0.15, 0.2) is 12.1 Å². The van der Waals surface area contributed by atoms with Crippen LogP contribution in [0.25, 0.3) is 0 Å². The Bertz CT molecular complexity index is 734. The predicted octanol–water partition coefficient (Wildman–Crippen LogP) is 4.56. The second kappa shape index (κ2) is 9.23. The van der Waals surface area contributed by atoms with Crippen molar-refractivity contribution >= 4 is 23.2 Å². The van der Waals surface area contributed by atoms with Gasteiger partial charge in [0.05, 0.1) is 4.92 Å². The first-order chi connectivity index (χ1) is 13.4. The molecule has 154 valence electrons. The Labute approximate surface area is 172 Å². The number of rotatable bonds is 6. The summed E-state index contributed by atoms with van der Waals surface area (Å²) >= 11 is 6.12. The fourth-order valence-corrected chi connectivity index (χ4v) is 4.89. The monoisotopic (exact) mass is 407 g/mol. The zero-order valence-corrected chi connectivity index (χ0v) is 17.6. The van der Waals surface area contributed by atoms with Crippen molar-refractivity contribution in [3.05, 3.63) is 38.4 Å². The van der Waals surface area contributed by atoms with Crippen LogP contribution < -0.4 is 0 Å². The Morgan fingerprint density at radius 2 is 2.00 bits per heavy atom. The van der Waals surface area contributed by atoms with Crippen molar-refractivity contribution in [2.75, 3.05) is 19.6 Å². The second-order valence-corrected chi connectivity index (χ2v) is 8.59. The highest BCUT2D eigenvalue weighted by Crippen LogP contribution is 2.30. The van der Waals surface area contributed by atoms with E-state index in [0.717, 1.165) is 50.9 Å². The molecule has 7 heteroatoms. The van der Waals surface area contributed by atoms with Crippen LogP contribution in [0.5, 0.6) is 0 Å². The Morgan fingerprint density at radius 1 is 1.29 bits per heavy atom. The van der Waals surface area contributed by atoms with Gasteiger partial charge in [-0.3, -0.25) is 19.8 Å². The lowest BCUT2D eigenvalue weighted by molar-refractivity contribution is -0.385. The molecule has 1 unspecified atom stereocenters. The lowest BCUT2D eigenvalue weighted by Gasteiger charge is -2.42. The molecule has 2 fully saturated rings. The number of hydrogen-bond donors (Lipinski definition) is 0. The number of benzene rings is 1. The molecule has 0 radical (unpaired) electrons. The van der Waals surface area contributed by atoms with Gasteiger partial charge < -0.3 is 4.90 Å². The molecule has 1 aromatic carbocycles. The first-order valence-corrected chi connectivity index (χ1v) is 10.7. The fraction of sp³-hybridized carbons (Fsp3) is 0.667. The molecule has 0 aromatic heterocycles. The average Bonchev–Trinajstić information content (AvgIpc) is 3.19. The third-order valence-corrected chi connectivity index (χ3v) is 6.44. The van der Waals surface area contributed by atoms with E-state index in [1.165, 1.54) is 18.9 Å². The molecule has 1 aromatic rings. The Balaban J connectivity index is 1.72. The summed E-state index contributed by atoms with van der Waals surface area (Å²) in [7, 11) is 0. The highest BCUT2D eigenvalue weighted by atomic mass is 35.5. The first-order valence-electron chi connectivity index (χ1n) is 10.4. The maximum absolute atomic E-state index is 13.0. The highest BCUT2D eigenvalue weighted by molar-refractivity contribution is 6.30. The van der Waals surface area contributed by atoms with E-state index in [1.807, 2.05) is 6.07 Å². The molecule has 1 saturated heterocycles. The molecular formula is C21H30ClN3O3. The van der Waals surface area contributed by atoms with Gasteiger partial charge in [0, 0.05) is 54.8 Å². The summed E-state index contributed by atoms with van der Waals surface area (Å²) < 4.78 is 0. The van der Waals surface area contributed by atoms with Crippen molar-refractivity contribution in [3.8, 4) is 0 Å². The highest BCUT2D eigenvalue weighted by Gasteiger charge is 2.34. The fourth-order valence-electron chi connectivity index (χ4n) is 4.66. The van der Waals surface area contributed by atoms with Crippen molar-refractivity contribution in [1.29, 1.82) is 0 Å². The Morgan fingerprint density at radius 3 is 2.64 bits per heavy atom. The minimum Gasteiger partial charge on any atom is -0.337 e. The topological polar surface area (TPSA) is 66.7 Å². The molecule has 1 atom stereocenters. The van der Waals surface area contributed by atoms with Crippen molar-refractivity contribution in [2.24, 2.45) is 5.92 Å². The van der Waals surface area contributed by atoms with Gasteiger partial charge in [0.15, 0.2) is 0 Å². The third-order valence-electron chi connectivity index (χ3n) is 6.22. The lowest BCUT2D eigenvalue weighted by atomic mass is 10.00. The molecule has 0 spiro atoms. The van der Waals surface area contributed by atoms with Crippen LogP contribution in [0.1, 0.15) is 56.6 Å². The maximum Gasteiger partial charge on any atom is 0.274 e. The van der Waals surface area contributed by atoms with Crippen LogP contribution in [-0.4, -0.2) is 46.3 Å². The zero-order valence-electron chi connectivity index (χ0n) is 16.8. The standard InChI is InChI=1S/C21H30ClN3O3/c1-3-6-19-14-23(9-10-24(19)21(26)16-7-4-5-8-16)13-17-11-18(22)12-20(15(17)2)25(27)28/h11-12,16,19H,3-10,13-14H2,1-2H3. The number of hydrogen-bond acceptors (Lipinski definition) is 4. The number of carbonyl (C=O) groups excluding carboxylic acids is 1. The van der Waals surface area contributed by atoms with Crippen molar-refractivity contribution in [1.82, 2.24) is 9.80 Å². The number of amides is 1. The molecular weight excluding hydrogens is 378 g/mol. The van der Waals surface area contributed by atoms with E-state index >= 15 is 0 Å². The minimum atomic E-state index is -0.372. The van der Waals surface area contributed by atoms with Gasteiger partial charge in [0.25, 0.3) is 5.69 Å². The van der Waals surface area contributed by atoms with Gasteiger partial charge >= 0.3 is 0 Å². The maximum atomic E-state index is 13.0. The first kappa shape index (κ1) is 21.1. The third kappa shape index (κ3) is 4.66. The van der Waals surface area contributed by atoms with Crippen LogP contribution in [-0.2, 0) is 11.3 Å². The van der Waals surface area contributed by atoms with Gasteiger partial charge in [-0.2, -0.15) is 0 Å². The van der Waals surface area contributed by atoms with Gasteiger partial charge in [-0.05, 0) is 37.8 Å². The van der Waals surface area contributed by atoms with E-state index in [2.05, 4.69) is 16.7 Å². The van der Waals surface area contributed by atoms with Crippen LogP contribution in [0, 0.1) is 23.0 Å². The van der Waals surface area contributed by atoms with Gasteiger partial charge in [-0.1, -0.05) is 37.8 Å². The van der Waals surface area contributed by atoms with Crippen molar-refractivity contribution in [3.63, 3.8) is 0 Å². The van der Waals surface area contributed by atoms with Gasteiger partial charge in [0.1, 0.15) is 0 Å². The van der Waals surface area contributed by atoms with Crippen LogP contribution in [0.2, 0.25) is 5.02 Å². The molecule has 6 nitrogen and oxygen atoms in total. The summed E-state index contributed by atoms with van der Waals surface area (Å²) in [5.74, 6) is 0.550. The summed E-state index contributed by atoms with van der Waals surface area (Å²) in [6, 6.07) is 3.47. The number of nitrogens with zero attached hydrogens (tertiary/aromatic N) is 3. The van der Waals surface area contributed by atoms with E-state index in [-0.39, 0.29) is 22.6 Å². The zero-order chi connectivity index (χ0) is 20.3. The number of carbonyl (C=O) groups is 1. The Kier molecular flexibility index (Phi) is 6.94. The number of nitro benzene ring substituents is 1. The van der Waals surface area contributed by atoms with E-state index in [0.29, 0.717) is 23.0 Å². The normalized spacial score (nSPS) is 21.2. The molecule has 0 bridgehead atoms. The lowest BCUT2D eigenvalue weighted by Crippen LogP contribution is -2.56. The van der Waals surface area contributed by atoms with E-state index < -0.39 is 0 Å². The minimum absolute atomic E-state index is 0.0719. The molecule has 1 amide bonds. The van der Waals surface area contributed by atoms with Gasteiger partial charge in [-0.25, -0.2) is 0 Å². The van der Waals surface area contributed by atoms with Crippen LogP contribution >= 0.6 is 11.6 Å². The molecule has 3 rings (SSSR count). The van der Waals surface area contributed by atoms with Crippen LogP contribution in [0.4, 0.5) is 5.69 Å². The second-order valence-electron chi connectivity index (χ2n) is 8.16. The smallest absolute Gasteiger partial charge is 0.274 e. The quantitative estimate of drug-likeness (QED) is 0.512. The number of piperazine rings is 1. The van der Waals surface area contributed by atoms with Gasteiger partial charge in [-0.15, -0.1) is 0 Å². The summed E-state index contributed by atoms with van der Waals surface area (Å²) in [6.45, 7) is 6.90. The SMILES string of the molecule is CCCC1CN(Cc2cc(Cl)cc([N+](=O)[O-])c2C)CCN1C(=O)C1CCCC1. The largest absolute Gasteiger partial charge is 0.337 e. The molecule has 1 aliphatic carbocycles. The van der Waals surface area contributed by atoms with E-state index in [9.17, 15) is 14.9 Å². The molecule has 28 heavy (non-hydrogen) atoms. The summed E-state index contributed by atoms with van der Waals surface area (Å²) in [5, 5.41) is 11.7. The number of halogens is 1. The Hall–Kier alpha value is -1.66. The van der Waals surface area contributed by atoms with Crippen molar-refractivity contribution in [2.45, 2.75) is 65.0 Å². The summed E-state index contributed by atoms with van der Waals surface area (Å²) in [5.41, 5.74) is 1.64. The molecule has 0 N–H and O–H groups in total.